The average molecular weight is 211 g/mol. The number of guanidine groups is 1. The maximum Gasteiger partial charge on any atom is 0.191 e. The normalized spacial score (nSPS) is 21.5. The van der Waals surface area contributed by atoms with Crippen LogP contribution >= 0.6 is 0 Å². The van der Waals surface area contributed by atoms with Gasteiger partial charge in [0.15, 0.2) is 5.96 Å². The van der Waals surface area contributed by atoms with E-state index in [9.17, 15) is 0 Å². The van der Waals surface area contributed by atoms with Gasteiger partial charge >= 0.3 is 0 Å². The number of rotatable bonds is 4. The molecule has 1 heterocycles. The lowest BCUT2D eigenvalue weighted by Gasteiger charge is -2.27. The maximum absolute atomic E-state index is 4.39. The molecule has 0 fully saturated rings. The van der Waals surface area contributed by atoms with E-state index in [-0.39, 0.29) is 0 Å². The van der Waals surface area contributed by atoms with Crippen LogP contribution in [0.3, 0.4) is 0 Å². The lowest BCUT2D eigenvalue weighted by atomic mass is 9.84. The van der Waals surface area contributed by atoms with Crippen molar-refractivity contribution in [2.24, 2.45) is 16.3 Å². The van der Waals surface area contributed by atoms with Crippen LogP contribution in [0, 0.1) is 11.3 Å². The Kier molecular flexibility index (Phi) is 4.00. The molecular weight excluding hydrogens is 186 g/mol. The summed E-state index contributed by atoms with van der Waals surface area (Å²) in [5, 5.41) is 6.72. The van der Waals surface area contributed by atoms with Crippen LogP contribution in [-0.2, 0) is 0 Å². The van der Waals surface area contributed by atoms with Gasteiger partial charge in [-0.15, -0.1) is 0 Å². The minimum Gasteiger partial charge on any atom is -0.356 e. The second-order valence-electron chi connectivity index (χ2n) is 5.85. The van der Waals surface area contributed by atoms with Gasteiger partial charge in [0, 0.05) is 12.6 Å². The van der Waals surface area contributed by atoms with E-state index < -0.39 is 0 Å². The van der Waals surface area contributed by atoms with Crippen LogP contribution in [0.2, 0.25) is 0 Å². The van der Waals surface area contributed by atoms with Crippen molar-refractivity contribution in [1.29, 1.82) is 0 Å². The van der Waals surface area contributed by atoms with Gasteiger partial charge in [0.2, 0.25) is 0 Å². The Morgan fingerprint density at radius 3 is 2.67 bits per heavy atom. The molecule has 0 aliphatic carbocycles. The van der Waals surface area contributed by atoms with Crippen molar-refractivity contribution in [2.45, 2.75) is 47.1 Å². The van der Waals surface area contributed by atoms with Gasteiger partial charge in [-0.1, -0.05) is 27.7 Å². The monoisotopic (exact) mass is 211 g/mol. The van der Waals surface area contributed by atoms with E-state index in [0.29, 0.717) is 11.5 Å². The molecule has 0 radical (unpaired) electrons. The summed E-state index contributed by atoms with van der Waals surface area (Å²) in [6.45, 7) is 13.2. The number of nitrogens with one attached hydrogen (secondary N) is 2. The Morgan fingerprint density at radius 1 is 1.53 bits per heavy atom. The van der Waals surface area contributed by atoms with Crippen LogP contribution in [-0.4, -0.2) is 25.1 Å². The molecule has 15 heavy (non-hydrogen) atoms. The highest BCUT2D eigenvalue weighted by atomic mass is 15.2. The zero-order valence-corrected chi connectivity index (χ0v) is 10.7. The fourth-order valence-electron chi connectivity index (χ4n) is 2.16. The van der Waals surface area contributed by atoms with Crippen LogP contribution in [0.1, 0.15) is 41.0 Å². The van der Waals surface area contributed by atoms with Crippen LogP contribution in [0.5, 0.6) is 0 Å². The molecule has 0 saturated carbocycles. The Bertz CT molecular complexity index is 231. The summed E-state index contributed by atoms with van der Waals surface area (Å²) in [6, 6.07) is 0.487. The van der Waals surface area contributed by atoms with E-state index in [0.717, 1.165) is 25.0 Å². The molecule has 0 amide bonds. The summed E-state index contributed by atoms with van der Waals surface area (Å²) in [7, 11) is 0. The zero-order chi connectivity index (χ0) is 11.5. The van der Waals surface area contributed by atoms with Gasteiger partial charge in [0.1, 0.15) is 0 Å². The molecule has 88 valence electrons. The Balaban J connectivity index is 2.30. The number of hydrogen-bond donors (Lipinski definition) is 2. The van der Waals surface area contributed by atoms with E-state index in [4.69, 9.17) is 0 Å². The highest BCUT2D eigenvalue weighted by Gasteiger charge is 2.21. The predicted octanol–water partition coefficient (Wildman–Crippen LogP) is 2.00. The highest BCUT2D eigenvalue weighted by Crippen LogP contribution is 2.23. The lowest BCUT2D eigenvalue weighted by molar-refractivity contribution is 0.286. The molecule has 3 heteroatoms. The summed E-state index contributed by atoms with van der Waals surface area (Å²) in [6.07, 6.45) is 1.24. The van der Waals surface area contributed by atoms with Crippen molar-refractivity contribution in [3.63, 3.8) is 0 Å². The van der Waals surface area contributed by atoms with Gasteiger partial charge in [-0.25, -0.2) is 0 Å². The van der Waals surface area contributed by atoms with Crippen LogP contribution in [0.25, 0.3) is 0 Å². The quantitative estimate of drug-likeness (QED) is 0.746. The van der Waals surface area contributed by atoms with Crippen LogP contribution < -0.4 is 10.6 Å². The molecule has 0 aromatic heterocycles. The molecule has 1 aliphatic heterocycles. The van der Waals surface area contributed by atoms with Gasteiger partial charge in [0.25, 0.3) is 0 Å². The van der Waals surface area contributed by atoms with Gasteiger partial charge in [-0.05, 0) is 24.7 Å². The summed E-state index contributed by atoms with van der Waals surface area (Å²) in [4.78, 5) is 4.39. The fourth-order valence-corrected chi connectivity index (χ4v) is 2.16. The lowest BCUT2D eigenvalue weighted by Crippen LogP contribution is -2.42. The molecule has 0 saturated heterocycles. The Morgan fingerprint density at radius 2 is 2.20 bits per heavy atom. The van der Waals surface area contributed by atoms with E-state index >= 15 is 0 Å². The maximum atomic E-state index is 4.39. The average Bonchev–Trinajstić information content (AvgIpc) is 2.46. The molecule has 1 aliphatic rings. The van der Waals surface area contributed by atoms with Crippen molar-refractivity contribution in [3.8, 4) is 0 Å². The minimum atomic E-state index is 0.337. The fraction of sp³-hybridized carbons (Fsp3) is 0.917. The van der Waals surface area contributed by atoms with E-state index in [2.05, 4.69) is 50.2 Å². The van der Waals surface area contributed by atoms with Gasteiger partial charge < -0.3 is 10.6 Å². The summed E-state index contributed by atoms with van der Waals surface area (Å²) in [5.41, 5.74) is 0.337. The van der Waals surface area contributed by atoms with Crippen LogP contribution in [0.4, 0.5) is 0 Å². The molecule has 1 atom stereocenters. The summed E-state index contributed by atoms with van der Waals surface area (Å²) in [5.74, 6) is 1.72. The first kappa shape index (κ1) is 12.3. The van der Waals surface area contributed by atoms with Gasteiger partial charge in [-0.2, -0.15) is 0 Å². The van der Waals surface area contributed by atoms with E-state index in [1.54, 1.807) is 0 Å². The largest absolute Gasteiger partial charge is 0.356 e. The smallest absolute Gasteiger partial charge is 0.191 e. The molecule has 3 nitrogen and oxygen atoms in total. The first-order valence-electron chi connectivity index (χ1n) is 5.94. The third kappa shape index (κ3) is 4.54. The van der Waals surface area contributed by atoms with Crippen molar-refractivity contribution < 1.29 is 0 Å². The Labute approximate surface area is 93.7 Å². The molecular formula is C12H25N3. The molecule has 0 aromatic carbocycles. The third-order valence-electron chi connectivity index (χ3n) is 2.60. The number of nitrogens with zero attached hydrogens (tertiary/aromatic N) is 1. The molecule has 1 unspecified atom stereocenters. The molecule has 0 bridgehead atoms. The van der Waals surface area contributed by atoms with Gasteiger partial charge in [0.05, 0.1) is 6.54 Å². The molecule has 0 aromatic rings. The van der Waals surface area contributed by atoms with Crippen LogP contribution in [0.15, 0.2) is 4.99 Å². The predicted molar refractivity (Wildman–Crippen MR) is 66.1 cm³/mol. The number of hydrogen-bond acceptors (Lipinski definition) is 3. The second-order valence-corrected chi connectivity index (χ2v) is 5.85. The Hall–Kier alpha value is -0.730. The summed E-state index contributed by atoms with van der Waals surface area (Å²) < 4.78 is 0. The van der Waals surface area contributed by atoms with Crippen molar-refractivity contribution in [3.05, 3.63) is 0 Å². The van der Waals surface area contributed by atoms with Crippen molar-refractivity contribution in [2.75, 3.05) is 13.1 Å². The highest BCUT2D eigenvalue weighted by molar-refractivity contribution is 5.81. The van der Waals surface area contributed by atoms with Crippen molar-refractivity contribution in [1.82, 2.24) is 10.6 Å². The topological polar surface area (TPSA) is 36.4 Å². The second kappa shape index (κ2) is 4.86. The summed E-state index contributed by atoms with van der Waals surface area (Å²) >= 11 is 0. The van der Waals surface area contributed by atoms with E-state index in [1.165, 1.54) is 6.42 Å². The first-order chi connectivity index (χ1) is 6.89. The van der Waals surface area contributed by atoms with Crippen molar-refractivity contribution >= 4 is 5.96 Å². The zero-order valence-electron chi connectivity index (χ0n) is 10.7. The van der Waals surface area contributed by atoms with E-state index in [1.807, 2.05) is 0 Å². The number of aliphatic imine (C=N–C) groups is 1. The minimum absolute atomic E-state index is 0.337. The molecule has 1 rings (SSSR count). The standard InChI is InChI=1S/C12H25N3/c1-9(2)6-12(4,5)8-14-11-13-7-10(3)15-11/h9-10H,6-8H2,1-5H3,(H2,13,14,15). The first-order valence-corrected chi connectivity index (χ1v) is 5.94. The van der Waals surface area contributed by atoms with Gasteiger partial charge in [-0.3, -0.25) is 4.99 Å². The molecule has 0 spiro atoms. The molecule has 2 N–H and O–H groups in total. The SMILES string of the molecule is CC(C)CC(C)(C)CNC1=NCC(C)N1. The third-order valence-corrected chi connectivity index (χ3v) is 2.60.